The lowest BCUT2D eigenvalue weighted by molar-refractivity contribution is -0.140. The van der Waals surface area contributed by atoms with Gasteiger partial charge in [0.15, 0.2) is 0 Å². The fourth-order valence-corrected chi connectivity index (χ4v) is 3.08. The third kappa shape index (κ3) is 3.08. The molecule has 2 aromatic heterocycles. The third-order valence-corrected chi connectivity index (χ3v) is 4.32. The molecule has 8 heteroatoms. The second-order valence-corrected chi connectivity index (χ2v) is 6.00. The Kier molecular flexibility index (Phi) is 4.20. The molecule has 0 bridgehead atoms. The normalized spacial score (nSPS) is 20.9. The van der Waals surface area contributed by atoms with Crippen LogP contribution in [-0.2, 0) is 16.6 Å². The number of aryl methyl sites for hydroxylation is 1. The van der Waals surface area contributed by atoms with Gasteiger partial charge in [-0.25, -0.2) is 4.98 Å². The topological polar surface area (TPSA) is 106 Å². The van der Waals surface area contributed by atoms with Crippen LogP contribution in [0.15, 0.2) is 30.7 Å². The molecule has 24 heavy (non-hydrogen) atoms. The Balaban J connectivity index is 1.84. The minimum Gasteiger partial charge on any atom is -0.384 e. The molecule has 0 spiro atoms. The maximum Gasteiger partial charge on any atom is 0.229 e. The van der Waals surface area contributed by atoms with Gasteiger partial charge in [-0.1, -0.05) is 0 Å². The summed E-state index contributed by atoms with van der Waals surface area (Å²) in [6, 6.07) is 3.00. The van der Waals surface area contributed by atoms with Crippen molar-refractivity contribution in [1.82, 2.24) is 19.7 Å². The van der Waals surface area contributed by atoms with Crippen molar-refractivity contribution in [2.24, 2.45) is 13.0 Å². The van der Waals surface area contributed by atoms with Crippen LogP contribution in [0.4, 0.5) is 11.5 Å². The number of carbonyl (C=O) groups is 2. The molecule has 0 radical (unpaired) electrons. The monoisotopic (exact) mass is 328 g/mol. The van der Waals surface area contributed by atoms with Gasteiger partial charge in [0.25, 0.3) is 0 Å². The Bertz CT molecular complexity index is 754. The highest BCUT2D eigenvalue weighted by Crippen LogP contribution is 2.36. The van der Waals surface area contributed by atoms with Crippen LogP contribution in [0.2, 0.25) is 0 Å². The number of likely N-dealkylation sites (tertiary alicyclic amines) is 1. The lowest BCUT2D eigenvalue weighted by Crippen LogP contribution is -2.44. The molecule has 1 aliphatic rings. The standard InChI is InChI=1S/C16H20N6O2/c1-21-9-10(7-19-21)15-12(4-6-14(23)22(15)2)16(24)20-11-3-5-13(17)18-8-11/h3,5,7-9,12,15H,4,6H2,1-2H3,(H2,17,18)(H,20,24)/t12-,15+/m1/s1. The van der Waals surface area contributed by atoms with Gasteiger partial charge < -0.3 is 16.0 Å². The van der Waals surface area contributed by atoms with Crippen LogP contribution in [0.3, 0.4) is 0 Å². The SMILES string of the molecule is CN1C(=O)CC[C@@H](C(=O)Nc2ccc(N)nc2)[C@@H]1c1cnn(C)c1. The highest BCUT2D eigenvalue weighted by atomic mass is 16.2. The zero-order valence-electron chi connectivity index (χ0n) is 13.6. The van der Waals surface area contributed by atoms with Gasteiger partial charge in [-0.05, 0) is 18.6 Å². The minimum atomic E-state index is -0.352. The van der Waals surface area contributed by atoms with Gasteiger partial charge in [0.05, 0.1) is 30.0 Å². The number of amides is 2. The van der Waals surface area contributed by atoms with E-state index in [1.807, 2.05) is 13.2 Å². The fourth-order valence-electron chi connectivity index (χ4n) is 3.08. The number of piperidine rings is 1. The first kappa shape index (κ1) is 16.0. The van der Waals surface area contributed by atoms with E-state index in [0.29, 0.717) is 24.3 Å². The largest absolute Gasteiger partial charge is 0.384 e. The maximum atomic E-state index is 12.8. The molecule has 2 atom stereocenters. The molecule has 3 N–H and O–H groups in total. The van der Waals surface area contributed by atoms with Crippen molar-refractivity contribution < 1.29 is 9.59 Å². The van der Waals surface area contributed by atoms with E-state index in [4.69, 9.17) is 5.73 Å². The molecule has 0 aliphatic carbocycles. The summed E-state index contributed by atoms with van der Waals surface area (Å²) in [5.74, 6) is -0.0736. The summed E-state index contributed by atoms with van der Waals surface area (Å²) in [6.07, 6.45) is 5.90. The summed E-state index contributed by atoms with van der Waals surface area (Å²) in [5.41, 5.74) is 6.99. The highest BCUT2D eigenvalue weighted by Gasteiger charge is 2.39. The molecular weight excluding hydrogens is 308 g/mol. The Morgan fingerprint density at radius 3 is 2.75 bits per heavy atom. The molecule has 1 fully saturated rings. The number of nitrogen functional groups attached to an aromatic ring is 1. The third-order valence-electron chi connectivity index (χ3n) is 4.32. The fraction of sp³-hybridized carbons (Fsp3) is 0.375. The number of pyridine rings is 1. The van der Waals surface area contributed by atoms with Crippen molar-refractivity contribution in [3.63, 3.8) is 0 Å². The molecule has 2 aromatic rings. The second-order valence-electron chi connectivity index (χ2n) is 6.00. The van der Waals surface area contributed by atoms with Gasteiger partial charge in [0.2, 0.25) is 11.8 Å². The summed E-state index contributed by atoms with van der Waals surface area (Å²) in [4.78, 5) is 30.5. The number of anilines is 2. The number of aromatic nitrogens is 3. The predicted molar refractivity (Wildman–Crippen MR) is 88.7 cm³/mol. The van der Waals surface area contributed by atoms with Crippen LogP contribution in [0.5, 0.6) is 0 Å². The van der Waals surface area contributed by atoms with Crippen molar-refractivity contribution in [2.45, 2.75) is 18.9 Å². The lowest BCUT2D eigenvalue weighted by Gasteiger charge is -2.37. The molecule has 3 rings (SSSR count). The van der Waals surface area contributed by atoms with Crippen LogP contribution in [0.1, 0.15) is 24.4 Å². The zero-order valence-corrected chi connectivity index (χ0v) is 13.6. The van der Waals surface area contributed by atoms with E-state index in [9.17, 15) is 9.59 Å². The number of rotatable bonds is 3. The van der Waals surface area contributed by atoms with E-state index in [1.165, 1.54) is 6.20 Å². The minimum absolute atomic E-state index is 0.0297. The van der Waals surface area contributed by atoms with Gasteiger partial charge in [-0.2, -0.15) is 5.10 Å². The first-order valence-electron chi connectivity index (χ1n) is 7.72. The number of carbonyl (C=O) groups excluding carboxylic acids is 2. The molecule has 0 unspecified atom stereocenters. The Morgan fingerprint density at radius 1 is 1.33 bits per heavy atom. The molecule has 126 valence electrons. The molecule has 8 nitrogen and oxygen atoms in total. The van der Waals surface area contributed by atoms with E-state index in [0.717, 1.165) is 5.56 Å². The van der Waals surface area contributed by atoms with Crippen molar-refractivity contribution in [2.75, 3.05) is 18.1 Å². The Hall–Kier alpha value is -2.90. The number of nitrogens with one attached hydrogen (secondary N) is 1. The van der Waals surface area contributed by atoms with Crippen molar-refractivity contribution >= 4 is 23.3 Å². The van der Waals surface area contributed by atoms with Crippen LogP contribution >= 0.6 is 0 Å². The molecule has 3 heterocycles. The molecule has 0 saturated carbocycles. The summed E-state index contributed by atoms with van der Waals surface area (Å²) in [5, 5.41) is 7.02. The zero-order chi connectivity index (χ0) is 17.3. The van der Waals surface area contributed by atoms with E-state index in [-0.39, 0.29) is 23.8 Å². The summed E-state index contributed by atoms with van der Waals surface area (Å²) in [7, 11) is 3.54. The van der Waals surface area contributed by atoms with Crippen molar-refractivity contribution in [3.8, 4) is 0 Å². The van der Waals surface area contributed by atoms with Crippen LogP contribution in [0.25, 0.3) is 0 Å². The maximum absolute atomic E-state index is 12.8. The number of nitrogens with zero attached hydrogens (tertiary/aromatic N) is 4. The molecule has 1 aliphatic heterocycles. The van der Waals surface area contributed by atoms with E-state index >= 15 is 0 Å². The lowest BCUT2D eigenvalue weighted by atomic mass is 9.85. The van der Waals surface area contributed by atoms with Gasteiger partial charge in [0, 0.05) is 32.3 Å². The Labute approximate surface area is 139 Å². The second kappa shape index (κ2) is 6.31. The number of hydrogen-bond donors (Lipinski definition) is 2. The quantitative estimate of drug-likeness (QED) is 0.872. The summed E-state index contributed by atoms with van der Waals surface area (Å²) >= 11 is 0. The molecule has 1 saturated heterocycles. The van der Waals surface area contributed by atoms with Gasteiger partial charge in [-0.15, -0.1) is 0 Å². The predicted octanol–water partition coefficient (Wildman–Crippen LogP) is 0.945. The molecule has 0 aromatic carbocycles. The number of hydrogen-bond acceptors (Lipinski definition) is 5. The molecule has 2 amide bonds. The van der Waals surface area contributed by atoms with Crippen molar-refractivity contribution in [3.05, 3.63) is 36.3 Å². The van der Waals surface area contributed by atoms with Gasteiger partial charge >= 0.3 is 0 Å². The Morgan fingerprint density at radius 2 is 2.12 bits per heavy atom. The average Bonchev–Trinajstić information content (AvgIpc) is 2.98. The van der Waals surface area contributed by atoms with E-state index < -0.39 is 0 Å². The van der Waals surface area contributed by atoms with Crippen LogP contribution < -0.4 is 11.1 Å². The number of nitrogens with two attached hydrogens (primary N) is 1. The van der Waals surface area contributed by atoms with Crippen molar-refractivity contribution in [1.29, 1.82) is 0 Å². The average molecular weight is 328 g/mol. The summed E-state index contributed by atoms with van der Waals surface area (Å²) in [6.45, 7) is 0. The summed E-state index contributed by atoms with van der Waals surface area (Å²) < 4.78 is 1.67. The highest BCUT2D eigenvalue weighted by molar-refractivity contribution is 5.94. The first-order chi connectivity index (χ1) is 11.5. The van der Waals surface area contributed by atoms with Gasteiger partial charge in [0.1, 0.15) is 5.82 Å². The van der Waals surface area contributed by atoms with E-state index in [2.05, 4.69) is 15.4 Å². The van der Waals surface area contributed by atoms with Gasteiger partial charge in [-0.3, -0.25) is 14.3 Å². The van der Waals surface area contributed by atoms with Crippen LogP contribution in [0, 0.1) is 5.92 Å². The first-order valence-corrected chi connectivity index (χ1v) is 7.72. The van der Waals surface area contributed by atoms with E-state index in [1.54, 1.807) is 35.0 Å². The molecular formula is C16H20N6O2. The smallest absolute Gasteiger partial charge is 0.229 e. The van der Waals surface area contributed by atoms with Crippen LogP contribution in [-0.4, -0.2) is 38.5 Å².